The molecular formula is C19H22NO4PS2. The molecule has 0 bridgehead atoms. The van der Waals surface area contributed by atoms with Gasteiger partial charge in [-0.25, -0.2) is 0 Å². The maximum atomic E-state index is 11.2. The van der Waals surface area contributed by atoms with Gasteiger partial charge >= 0.3 is 7.60 Å². The van der Waals surface area contributed by atoms with Crippen molar-refractivity contribution >= 4 is 41.6 Å². The zero-order valence-corrected chi connectivity index (χ0v) is 17.7. The van der Waals surface area contributed by atoms with Gasteiger partial charge in [0.2, 0.25) is 0 Å². The molecule has 0 aliphatic heterocycles. The molecule has 27 heavy (non-hydrogen) atoms. The van der Waals surface area contributed by atoms with Crippen LogP contribution in [0.25, 0.3) is 0 Å². The van der Waals surface area contributed by atoms with Crippen molar-refractivity contribution in [2.45, 2.75) is 19.3 Å². The Morgan fingerprint density at radius 1 is 1.07 bits per heavy atom. The van der Waals surface area contributed by atoms with Crippen LogP contribution in [-0.2, 0) is 11.0 Å². The van der Waals surface area contributed by atoms with Crippen LogP contribution in [0.3, 0.4) is 0 Å². The first-order valence-corrected chi connectivity index (χ1v) is 10.8. The lowest BCUT2D eigenvalue weighted by Crippen LogP contribution is -2.22. The van der Waals surface area contributed by atoms with E-state index in [4.69, 9.17) is 39.0 Å². The quantitative estimate of drug-likeness (QED) is 0.477. The van der Waals surface area contributed by atoms with Crippen LogP contribution in [0.15, 0.2) is 48.5 Å². The van der Waals surface area contributed by atoms with Gasteiger partial charge in [0.15, 0.2) is 0 Å². The maximum Gasteiger partial charge on any atom is 0.362 e. The lowest BCUT2D eigenvalue weighted by Gasteiger charge is -2.21. The van der Waals surface area contributed by atoms with Crippen LogP contribution >= 0.6 is 32.0 Å². The number of ether oxygens (including phenoxy) is 1. The Labute approximate surface area is 170 Å². The molecule has 5 nitrogen and oxygen atoms in total. The Balaban J connectivity index is 2.28. The third-order valence-electron chi connectivity index (χ3n) is 3.87. The number of thiocarbonyl (C=S) groups is 2. The summed E-state index contributed by atoms with van der Waals surface area (Å²) in [6, 6.07) is 15.1. The van der Waals surface area contributed by atoms with E-state index in [0.29, 0.717) is 29.3 Å². The maximum absolute atomic E-state index is 11.2. The number of nitrogens with zero attached hydrogens (tertiary/aromatic N) is 1. The van der Waals surface area contributed by atoms with Crippen LogP contribution in [0.2, 0.25) is 0 Å². The lowest BCUT2D eigenvalue weighted by molar-refractivity contribution is 0.390. The summed E-state index contributed by atoms with van der Waals surface area (Å²) in [5.74, 6) is 1.36. The van der Waals surface area contributed by atoms with Crippen molar-refractivity contribution in [3.63, 3.8) is 0 Å². The van der Waals surface area contributed by atoms with Crippen LogP contribution in [0.1, 0.15) is 24.0 Å². The van der Waals surface area contributed by atoms with Crippen LogP contribution < -0.4 is 4.74 Å². The van der Waals surface area contributed by atoms with E-state index >= 15 is 0 Å². The van der Waals surface area contributed by atoms with E-state index in [0.717, 1.165) is 11.1 Å². The molecule has 2 aromatic rings. The fourth-order valence-electron chi connectivity index (χ4n) is 2.53. The highest BCUT2D eigenvalue weighted by Crippen LogP contribution is 2.39. The number of hydrogen-bond donors (Lipinski definition) is 2. The largest absolute Gasteiger partial charge is 0.457 e. The smallest absolute Gasteiger partial charge is 0.362 e. The summed E-state index contributed by atoms with van der Waals surface area (Å²) >= 11 is 10.4. The first kappa shape index (κ1) is 21.7. The highest BCUT2D eigenvalue weighted by molar-refractivity contribution is 7.97. The van der Waals surface area contributed by atoms with Gasteiger partial charge in [0.1, 0.15) is 21.1 Å². The summed E-state index contributed by atoms with van der Waals surface area (Å²) in [6.45, 7) is 0. The zero-order chi connectivity index (χ0) is 20.0. The molecule has 0 aromatic heterocycles. The summed E-state index contributed by atoms with van der Waals surface area (Å²) in [7, 11) is -0.568. The second kappa shape index (κ2) is 9.53. The van der Waals surface area contributed by atoms with Crippen LogP contribution in [0.4, 0.5) is 0 Å². The predicted octanol–water partition coefficient (Wildman–Crippen LogP) is 4.54. The molecule has 8 heteroatoms. The molecule has 0 saturated carbocycles. The van der Waals surface area contributed by atoms with Crippen molar-refractivity contribution in [3.05, 3.63) is 59.7 Å². The summed E-state index contributed by atoms with van der Waals surface area (Å²) < 4.78 is 17.0. The van der Waals surface area contributed by atoms with Gasteiger partial charge in [-0.3, -0.25) is 4.57 Å². The number of para-hydroxylation sites is 1. The fourth-order valence-corrected chi connectivity index (χ4v) is 3.35. The van der Waals surface area contributed by atoms with Gasteiger partial charge in [-0.1, -0.05) is 54.8 Å². The monoisotopic (exact) mass is 423 g/mol. The SMILES string of the molecule is CN(C)C(=S)c1c(CCCC(=S)P(=O)(O)O)cccc1Oc1ccccc1. The molecule has 0 atom stereocenters. The summed E-state index contributed by atoms with van der Waals surface area (Å²) in [5, 5.41) is 0. The van der Waals surface area contributed by atoms with Crippen molar-refractivity contribution < 1.29 is 19.1 Å². The molecule has 2 rings (SSSR count). The Morgan fingerprint density at radius 3 is 2.33 bits per heavy atom. The average Bonchev–Trinajstić information content (AvgIpc) is 2.61. The molecule has 144 valence electrons. The average molecular weight is 423 g/mol. The standard InChI is InChI=1S/C19H22NO4PS2/c1-20(2)19(27)18-14(9-7-13-17(26)25(21,22)23)8-6-12-16(18)24-15-10-4-3-5-11-15/h3-6,8,10-12H,7,9,13H2,1-2H3,(H2,21,22,23). The molecule has 0 spiro atoms. The van der Waals surface area contributed by atoms with Gasteiger partial charge in [-0.15, -0.1) is 0 Å². The predicted molar refractivity (Wildman–Crippen MR) is 116 cm³/mol. The van der Waals surface area contributed by atoms with Crippen molar-refractivity contribution in [3.8, 4) is 11.5 Å². The van der Waals surface area contributed by atoms with Crippen molar-refractivity contribution in [1.29, 1.82) is 0 Å². The van der Waals surface area contributed by atoms with Crippen LogP contribution in [0.5, 0.6) is 11.5 Å². The van der Waals surface area contributed by atoms with E-state index in [2.05, 4.69) is 0 Å². The first-order chi connectivity index (χ1) is 12.7. The molecule has 0 aliphatic carbocycles. The van der Waals surface area contributed by atoms with Gasteiger partial charge in [-0.05, 0) is 43.0 Å². The van der Waals surface area contributed by atoms with Crippen LogP contribution in [0, 0.1) is 0 Å². The van der Waals surface area contributed by atoms with Gasteiger partial charge in [0.25, 0.3) is 0 Å². The molecular weight excluding hydrogens is 401 g/mol. The van der Waals surface area contributed by atoms with Crippen molar-refractivity contribution in [2.75, 3.05) is 14.1 Å². The van der Waals surface area contributed by atoms with E-state index in [9.17, 15) is 4.57 Å². The minimum atomic E-state index is -4.31. The minimum absolute atomic E-state index is 0.178. The van der Waals surface area contributed by atoms with E-state index in [1.165, 1.54) is 0 Å². The van der Waals surface area contributed by atoms with Gasteiger partial charge in [-0.2, -0.15) is 0 Å². The third-order valence-corrected chi connectivity index (χ3v) is 6.23. The highest BCUT2D eigenvalue weighted by atomic mass is 32.1. The summed E-state index contributed by atoms with van der Waals surface area (Å²) in [4.78, 5) is 20.7. The van der Waals surface area contributed by atoms with Gasteiger partial charge in [0, 0.05) is 14.1 Å². The third kappa shape index (κ3) is 6.19. The van der Waals surface area contributed by atoms with E-state index in [1.807, 2.05) is 67.5 Å². The Bertz CT molecular complexity index is 865. The highest BCUT2D eigenvalue weighted by Gasteiger charge is 2.21. The molecule has 0 amide bonds. The molecule has 0 unspecified atom stereocenters. The van der Waals surface area contributed by atoms with Gasteiger partial charge in [0.05, 0.1) is 5.56 Å². The van der Waals surface area contributed by atoms with Crippen molar-refractivity contribution in [1.82, 2.24) is 4.90 Å². The first-order valence-electron chi connectivity index (χ1n) is 8.35. The second-order valence-electron chi connectivity index (χ2n) is 6.20. The zero-order valence-electron chi connectivity index (χ0n) is 15.2. The van der Waals surface area contributed by atoms with Gasteiger partial charge < -0.3 is 19.4 Å². The molecule has 0 aliphatic rings. The second-order valence-corrected chi connectivity index (χ2v) is 9.01. The number of hydrogen-bond acceptors (Lipinski definition) is 4. The molecule has 0 heterocycles. The number of aryl methyl sites for hydroxylation is 1. The normalized spacial score (nSPS) is 11.1. The Kier molecular flexibility index (Phi) is 7.65. The molecule has 2 N–H and O–H groups in total. The Hall–Kier alpha value is -1.63. The molecule has 0 fully saturated rings. The summed E-state index contributed by atoms with van der Waals surface area (Å²) in [6.07, 6.45) is 1.27. The number of benzene rings is 2. The van der Waals surface area contributed by atoms with E-state index < -0.39 is 7.60 Å². The van der Waals surface area contributed by atoms with Crippen LogP contribution in [-0.4, -0.2) is 38.4 Å². The van der Waals surface area contributed by atoms with E-state index in [1.54, 1.807) is 0 Å². The number of rotatable bonds is 8. The topological polar surface area (TPSA) is 70.0 Å². The summed E-state index contributed by atoms with van der Waals surface area (Å²) in [5.41, 5.74) is 1.76. The Morgan fingerprint density at radius 2 is 1.74 bits per heavy atom. The molecule has 0 radical (unpaired) electrons. The molecule has 2 aromatic carbocycles. The van der Waals surface area contributed by atoms with E-state index in [-0.39, 0.29) is 11.0 Å². The van der Waals surface area contributed by atoms with Crippen molar-refractivity contribution in [2.24, 2.45) is 0 Å². The fraction of sp³-hybridized carbons (Fsp3) is 0.263. The minimum Gasteiger partial charge on any atom is -0.457 e. The molecule has 0 saturated heterocycles. The lowest BCUT2D eigenvalue weighted by atomic mass is 10.0.